The Hall–Kier alpha value is -2.56. The van der Waals surface area contributed by atoms with Gasteiger partial charge in [-0.25, -0.2) is 0 Å². The molecule has 0 aliphatic heterocycles. The maximum absolute atomic E-state index is 9.59. The highest BCUT2D eigenvalue weighted by Gasteiger charge is 2.20. The first-order chi connectivity index (χ1) is 12.8. The summed E-state index contributed by atoms with van der Waals surface area (Å²) in [6.45, 7) is 0. The van der Waals surface area contributed by atoms with Crippen molar-refractivity contribution in [2.45, 2.75) is 0 Å². The molecule has 2 N–H and O–H groups in total. The Morgan fingerprint density at radius 1 is 0.955 bits per heavy atom. The van der Waals surface area contributed by atoms with Crippen molar-refractivity contribution in [2.75, 3.05) is 0 Å². The van der Waals surface area contributed by atoms with Gasteiger partial charge >= 0.3 is 7.12 Å². The zero-order valence-electron chi connectivity index (χ0n) is 16.3. The van der Waals surface area contributed by atoms with E-state index in [0.717, 1.165) is 0 Å². The van der Waals surface area contributed by atoms with Gasteiger partial charge in [-0.05, 0) is 17.2 Å². The van der Waals surface area contributed by atoms with Crippen LogP contribution in [0.25, 0.3) is 33.1 Å². The van der Waals surface area contributed by atoms with Gasteiger partial charge in [0.15, 0.2) is 0 Å². The van der Waals surface area contributed by atoms with Crippen LogP contribution in [0.1, 0.15) is 6.85 Å². The first-order valence-corrected chi connectivity index (χ1v) is 6.70. The molecule has 4 rings (SSSR count). The lowest BCUT2D eigenvalue weighted by Crippen LogP contribution is -2.29. The Morgan fingerprint density at radius 2 is 1.73 bits per heavy atom. The Labute approximate surface area is 134 Å². The summed E-state index contributed by atoms with van der Waals surface area (Å²) < 4.78 is 45.9. The number of para-hydroxylation sites is 1. The van der Waals surface area contributed by atoms with E-state index in [4.69, 9.17) is 11.3 Å². The van der Waals surface area contributed by atoms with E-state index < -0.39 is 25.2 Å². The maximum Gasteiger partial charge on any atom is 0.492 e. The van der Waals surface area contributed by atoms with Crippen molar-refractivity contribution in [3.63, 3.8) is 0 Å². The van der Waals surface area contributed by atoms with E-state index in [1.807, 2.05) is 0 Å². The van der Waals surface area contributed by atoms with Crippen LogP contribution in [-0.2, 0) is 0 Å². The fourth-order valence-electron chi connectivity index (χ4n) is 2.67. The minimum Gasteiger partial charge on any atom is -0.456 e. The Kier molecular flexibility index (Phi) is 2.00. The van der Waals surface area contributed by atoms with Crippen LogP contribution in [0.5, 0.6) is 0 Å². The molecule has 0 amide bonds. The van der Waals surface area contributed by atoms with Crippen LogP contribution in [0.15, 0.2) is 71.0 Å². The van der Waals surface area contributed by atoms with Crippen LogP contribution < -0.4 is 5.46 Å². The van der Waals surface area contributed by atoms with Crippen molar-refractivity contribution in [1.82, 2.24) is 0 Å². The van der Waals surface area contributed by atoms with Gasteiger partial charge in [0.2, 0.25) is 0 Å². The lowest BCUT2D eigenvalue weighted by atomic mass is 9.79. The summed E-state index contributed by atoms with van der Waals surface area (Å²) in [5, 5.41) is 20.3. The molecule has 0 saturated heterocycles. The maximum atomic E-state index is 9.59. The molecule has 0 aliphatic rings. The fraction of sp³-hybridized carbons (Fsp3) is 0. The third kappa shape index (κ3) is 1.93. The number of hydrogen-bond donors (Lipinski definition) is 2. The molecular weight excluding hydrogens is 275 g/mol. The number of benzene rings is 3. The Bertz CT molecular complexity index is 1190. The van der Waals surface area contributed by atoms with E-state index in [9.17, 15) is 10.0 Å². The molecule has 3 nitrogen and oxygen atoms in total. The molecule has 1 aromatic heterocycles. The van der Waals surface area contributed by atoms with Gasteiger partial charge in [0, 0.05) is 16.2 Å². The number of hydrogen-bond acceptors (Lipinski definition) is 3. The van der Waals surface area contributed by atoms with E-state index in [-0.39, 0.29) is 28.7 Å². The molecule has 0 radical (unpaired) electrons. The molecular formula is C18H13BO3. The second kappa shape index (κ2) is 5.02. The number of fused-ring (bicyclic) bond motifs is 3. The van der Waals surface area contributed by atoms with Crippen LogP contribution in [0.4, 0.5) is 0 Å². The van der Waals surface area contributed by atoms with Gasteiger partial charge in [-0.15, -0.1) is 0 Å². The van der Waals surface area contributed by atoms with Crippen molar-refractivity contribution in [2.24, 2.45) is 0 Å². The third-order valence-electron chi connectivity index (χ3n) is 3.60. The highest BCUT2D eigenvalue weighted by Crippen LogP contribution is 2.35. The molecule has 3 aromatic carbocycles. The molecule has 22 heavy (non-hydrogen) atoms. The molecule has 0 spiro atoms. The van der Waals surface area contributed by atoms with E-state index in [0.29, 0.717) is 21.9 Å². The molecule has 0 saturated carbocycles. The van der Waals surface area contributed by atoms with Crippen LogP contribution in [0.3, 0.4) is 0 Å². The zero-order valence-corrected chi connectivity index (χ0v) is 11.3. The Morgan fingerprint density at radius 3 is 2.50 bits per heavy atom. The SMILES string of the molecule is [2H]c1c([2H])c([2H])c(-c2cccc3oc4c(B(O)O)cccc4c23)c([2H])c1[2H]. The molecule has 0 aliphatic carbocycles. The van der Waals surface area contributed by atoms with Crippen molar-refractivity contribution >= 4 is 34.5 Å². The largest absolute Gasteiger partial charge is 0.492 e. The standard InChI is InChI=1S/C18H13BO3/c20-19(21)15-10-4-9-14-17-13(12-6-2-1-3-7-12)8-5-11-16(17)22-18(14)15/h1-11,20-21H/i1D,2D,3D,6D,7D. The predicted molar refractivity (Wildman–Crippen MR) is 89.0 cm³/mol. The molecule has 0 atom stereocenters. The molecule has 4 heteroatoms. The normalized spacial score (nSPS) is 14.4. The molecule has 0 unspecified atom stereocenters. The van der Waals surface area contributed by atoms with Crippen molar-refractivity contribution < 1.29 is 21.3 Å². The van der Waals surface area contributed by atoms with Gasteiger partial charge in [-0.1, -0.05) is 60.5 Å². The highest BCUT2D eigenvalue weighted by molar-refractivity contribution is 6.61. The monoisotopic (exact) mass is 293 g/mol. The lowest BCUT2D eigenvalue weighted by molar-refractivity contribution is 0.425. The second-order valence-electron chi connectivity index (χ2n) is 4.88. The van der Waals surface area contributed by atoms with E-state index in [2.05, 4.69) is 0 Å². The minimum absolute atomic E-state index is 0.0734. The van der Waals surface area contributed by atoms with Crippen LogP contribution >= 0.6 is 0 Å². The summed E-state index contributed by atoms with van der Waals surface area (Å²) in [7, 11) is -1.72. The van der Waals surface area contributed by atoms with Gasteiger partial charge in [0.25, 0.3) is 0 Å². The second-order valence-corrected chi connectivity index (χ2v) is 4.88. The first-order valence-electron chi connectivity index (χ1n) is 9.20. The number of rotatable bonds is 2. The lowest BCUT2D eigenvalue weighted by Gasteiger charge is -2.03. The summed E-state index contributed by atoms with van der Waals surface area (Å²) in [6.07, 6.45) is 0. The van der Waals surface area contributed by atoms with Crippen LogP contribution in [0, 0.1) is 0 Å². The molecule has 4 aromatic rings. The van der Waals surface area contributed by atoms with Gasteiger partial charge in [0.1, 0.15) is 11.2 Å². The van der Waals surface area contributed by atoms with Crippen molar-refractivity contribution in [1.29, 1.82) is 0 Å². The molecule has 106 valence electrons. The number of furan rings is 1. The summed E-state index contributed by atoms with van der Waals surface area (Å²) in [6, 6.07) is 8.01. The molecule has 0 fully saturated rings. The summed E-state index contributed by atoms with van der Waals surface area (Å²) in [4.78, 5) is 0. The van der Waals surface area contributed by atoms with E-state index >= 15 is 0 Å². The first kappa shape index (κ1) is 8.78. The average molecular weight is 293 g/mol. The molecule has 1 heterocycles. The zero-order chi connectivity index (χ0) is 19.5. The summed E-state index contributed by atoms with van der Waals surface area (Å²) >= 11 is 0. The van der Waals surface area contributed by atoms with Crippen LogP contribution in [0.2, 0.25) is 0 Å². The van der Waals surface area contributed by atoms with E-state index in [1.165, 1.54) is 6.07 Å². The Balaban J connectivity index is 2.17. The van der Waals surface area contributed by atoms with Gasteiger partial charge in [-0.2, -0.15) is 0 Å². The summed E-state index contributed by atoms with van der Waals surface area (Å²) in [5.74, 6) is 0. The average Bonchev–Trinajstić information content (AvgIpc) is 3.04. The fourth-order valence-corrected chi connectivity index (χ4v) is 2.67. The van der Waals surface area contributed by atoms with E-state index in [1.54, 1.807) is 30.3 Å². The third-order valence-corrected chi connectivity index (χ3v) is 3.60. The van der Waals surface area contributed by atoms with Gasteiger partial charge < -0.3 is 14.5 Å². The van der Waals surface area contributed by atoms with Gasteiger partial charge in [0.05, 0.1) is 6.85 Å². The van der Waals surface area contributed by atoms with Crippen molar-refractivity contribution in [3.8, 4) is 11.1 Å². The van der Waals surface area contributed by atoms with Crippen LogP contribution in [-0.4, -0.2) is 17.2 Å². The van der Waals surface area contributed by atoms with Gasteiger partial charge in [-0.3, -0.25) is 0 Å². The molecule has 0 bridgehead atoms. The predicted octanol–water partition coefficient (Wildman–Crippen LogP) is 2.93. The smallest absolute Gasteiger partial charge is 0.456 e. The highest BCUT2D eigenvalue weighted by atomic mass is 16.4. The summed E-state index contributed by atoms with van der Waals surface area (Å²) in [5.41, 5.74) is 1.39. The van der Waals surface area contributed by atoms with Crippen molar-refractivity contribution in [3.05, 3.63) is 66.6 Å². The quantitative estimate of drug-likeness (QED) is 0.559. The minimum atomic E-state index is -1.72. The topological polar surface area (TPSA) is 53.6 Å².